The van der Waals surface area contributed by atoms with Gasteiger partial charge >= 0.3 is 5.97 Å². The maximum absolute atomic E-state index is 13.4. The lowest BCUT2D eigenvalue weighted by atomic mass is 10.1. The summed E-state index contributed by atoms with van der Waals surface area (Å²) in [6, 6.07) is 9.40. The molecule has 0 saturated heterocycles. The van der Waals surface area contributed by atoms with Crippen LogP contribution >= 0.6 is 0 Å². The first kappa shape index (κ1) is 13.5. The number of nitrogens with two attached hydrogens (primary N) is 1. The summed E-state index contributed by atoms with van der Waals surface area (Å²) in [7, 11) is 0. The minimum Gasteiger partial charge on any atom is -0.478 e. The van der Waals surface area contributed by atoms with E-state index in [1.165, 1.54) is 42.5 Å². The fourth-order valence-electron chi connectivity index (χ4n) is 1.64. The first-order valence-corrected chi connectivity index (χ1v) is 5.67. The number of carbonyl (C=O) groups excluding carboxylic acids is 1. The van der Waals surface area contributed by atoms with Gasteiger partial charge in [0.25, 0.3) is 5.91 Å². The summed E-state index contributed by atoms with van der Waals surface area (Å²) in [5.41, 5.74) is 5.86. The predicted octanol–water partition coefficient (Wildman–Crippen LogP) is 2.36. The third kappa shape index (κ3) is 2.74. The van der Waals surface area contributed by atoms with E-state index in [0.717, 1.165) is 0 Å². The Morgan fingerprint density at radius 3 is 2.45 bits per heavy atom. The van der Waals surface area contributed by atoms with Gasteiger partial charge in [-0.2, -0.15) is 0 Å². The molecule has 1 amide bonds. The Bertz CT molecular complexity index is 686. The molecule has 2 rings (SSSR count). The quantitative estimate of drug-likeness (QED) is 0.749. The summed E-state index contributed by atoms with van der Waals surface area (Å²) in [4.78, 5) is 22.6. The number of carboxylic acids is 1. The molecule has 0 aliphatic carbocycles. The minimum absolute atomic E-state index is 0.00592. The molecule has 0 aliphatic heterocycles. The van der Waals surface area contributed by atoms with E-state index >= 15 is 0 Å². The zero-order valence-corrected chi connectivity index (χ0v) is 10.3. The van der Waals surface area contributed by atoms with Gasteiger partial charge in [0.1, 0.15) is 5.82 Å². The Morgan fingerprint density at radius 1 is 1.15 bits per heavy atom. The average molecular weight is 274 g/mol. The summed E-state index contributed by atoms with van der Waals surface area (Å²) in [6.45, 7) is 0. The van der Waals surface area contributed by atoms with Crippen molar-refractivity contribution in [3.8, 4) is 0 Å². The van der Waals surface area contributed by atoms with Crippen LogP contribution in [0.1, 0.15) is 20.7 Å². The van der Waals surface area contributed by atoms with Gasteiger partial charge in [0.2, 0.25) is 0 Å². The molecule has 0 heterocycles. The maximum Gasteiger partial charge on any atom is 0.335 e. The molecule has 102 valence electrons. The number of halogens is 1. The molecular formula is C14H11FN2O3. The van der Waals surface area contributed by atoms with Crippen LogP contribution in [-0.4, -0.2) is 17.0 Å². The van der Waals surface area contributed by atoms with E-state index in [2.05, 4.69) is 5.32 Å². The van der Waals surface area contributed by atoms with Crippen LogP contribution in [0.25, 0.3) is 0 Å². The number of rotatable bonds is 3. The molecule has 0 aliphatic rings. The third-order valence-corrected chi connectivity index (χ3v) is 2.67. The molecule has 0 atom stereocenters. The van der Waals surface area contributed by atoms with Gasteiger partial charge in [-0.3, -0.25) is 4.79 Å². The maximum atomic E-state index is 13.4. The van der Waals surface area contributed by atoms with Crippen molar-refractivity contribution in [1.82, 2.24) is 0 Å². The molecule has 0 aromatic heterocycles. The van der Waals surface area contributed by atoms with Crippen LogP contribution in [0.2, 0.25) is 0 Å². The van der Waals surface area contributed by atoms with Gasteiger partial charge in [0.15, 0.2) is 0 Å². The molecule has 6 heteroatoms. The molecule has 0 saturated carbocycles. The number of carboxylic acid groups (broad SMARTS) is 1. The number of hydrogen-bond acceptors (Lipinski definition) is 3. The molecule has 2 aromatic carbocycles. The van der Waals surface area contributed by atoms with E-state index in [9.17, 15) is 14.0 Å². The Morgan fingerprint density at radius 2 is 1.85 bits per heavy atom. The molecule has 0 bridgehead atoms. The SMILES string of the molecule is Nc1cc(C(=O)O)ccc1NC(=O)c1ccccc1F. The summed E-state index contributed by atoms with van der Waals surface area (Å²) in [6.07, 6.45) is 0. The number of aromatic carboxylic acids is 1. The average Bonchev–Trinajstić information content (AvgIpc) is 2.41. The highest BCUT2D eigenvalue weighted by Crippen LogP contribution is 2.21. The fraction of sp³-hybridized carbons (Fsp3) is 0. The van der Waals surface area contributed by atoms with E-state index < -0.39 is 17.7 Å². The van der Waals surface area contributed by atoms with Gasteiger partial charge in [-0.25, -0.2) is 9.18 Å². The van der Waals surface area contributed by atoms with Crippen LogP contribution in [0.4, 0.5) is 15.8 Å². The second-order valence-electron chi connectivity index (χ2n) is 4.04. The van der Waals surface area contributed by atoms with Crippen LogP contribution in [0.3, 0.4) is 0 Å². The van der Waals surface area contributed by atoms with Crippen molar-refractivity contribution < 1.29 is 19.1 Å². The van der Waals surface area contributed by atoms with Crippen molar-refractivity contribution in [2.24, 2.45) is 0 Å². The number of amides is 1. The summed E-state index contributed by atoms with van der Waals surface area (Å²) in [5, 5.41) is 11.2. The van der Waals surface area contributed by atoms with Crippen molar-refractivity contribution in [3.05, 3.63) is 59.4 Å². The Kier molecular flexibility index (Phi) is 3.65. The molecule has 4 N–H and O–H groups in total. The Hall–Kier alpha value is -2.89. The second kappa shape index (κ2) is 5.40. The van der Waals surface area contributed by atoms with Gasteiger partial charge in [-0.15, -0.1) is 0 Å². The molecule has 0 unspecified atom stereocenters. The highest BCUT2D eigenvalue weighted by atomic mass is 19.1. The molecular weight excluding hydrogens is 263 g/mol. The normalized spacial score (nSPS) is 10.1. The van der Waals surface area contributed by atoms with Gasteiger partial charge in [-0.05, 0) is 30.3 Å². The number of benzene rings is 2. The van der Waals surface area contributed by atoms with E-state index in [0.29, 0.717) is 0 Å². The number of hydrogen-bond donors (Lipinski definition) is 3. The monoisotopic (exact) mass is 274 g/mol. The fourth-order valence-corrected chi connectivity index (χ4v) is 1.64. The van der Waals surface area contributed by atoms with Crippen molar-refractivity contribution in [3.63, 3.8) is 0 Å². The lowest BCUT2D eigenvalue weighted by Crippen LogP contribution is -2.15. The lowest BCUT2D eigenvalue weighted by molar-refractivity contribution is 0.0696. The Labute approximate surface area is 113 Å². The highest BCUT2D eigenvalue weighted by Gasteiger charge is 2.13. The molecule has 0 fully saturated rings. The Balaban J connectivity index is 2.25. The largest absolute Gasteiger partial charge is 0.478 e. The molecule has 0 radical (unpaired) electrons. The zero-order valence-electron chi connectivity index (χ0n) is 10.3. The standard InChI is InChI=1S/C14H11FN2O3/c15-10-4-2-1-3-9(10)13(18)17-12-6-5-8(14(19)20)7-11(12)16/h1-7H,16H2,(H,17,18)(H,19,20). The van der Waals surface area contributed by atoms with Crippen LogP contribution in [-0.2, 0) is 0 Å². The first-order valence-electron chi connectivity index (χ1n) is 5.67. The van der Waals surface area contributed by atoms with Gasteiger partial charge < -0.3 is 16.2 Å². The van der Waals surface area contributed by atoms with E-state index in [4.69, 9.17) is 10.8 Å². The number of anilines is 2. The number of nitrogens with one attached hydrogen (secondary N) is 1. The van der Waals surface area contributed by atoms with Gasteiger partial charge in [0.05, 0.1) is 22.5 Å². The van der Waals surface area contributed by atoms with Gasteiger partial charge in [0, 0.05) is 0 Å². The van der Waals surface area contributed by atoms with Crippen molar-refractivity contribution >= 4 is 23.3 Å². The highest BCUT2D eigenvalue weighted by molar-refractivity contribution is 6.06. The second-order valence-corrected chi connectivity index (χ2v) is 4.04. The third-order valence-electron chi connectivity index (χ3n) is 2.67. The van der Waals surface area contributed by atoms with Crippen molar-refractivity contribution in [2.75, 3.05) is 11.1 Å². The predicted molar refractivity (Wildman–Crippen MR) is 72.2 cm³/mol. The van der Waals surface area contributed by atoms with Crippen LogP contribution < -0.4 is 11.1 Å². The number of carbonyl (C=O) groups is 2. The van der Waals surface area contributed by atoms with Crippen LogP contribution in [0.15, 0.2) is 42.5 Å². The molecule has 5 nitrogen and oxygen atoms in total. The smallest absolute Gasteiger partial charge is 0.335 e. The topological polar surface area (TPSA) is 92.4 Å². The molecule has 0 spiro atoms. The van der Waals surface area contributed by atoms with Crippen molar-refractivity contribution in [2.45, 2.75) is 0 Å². The minimum atomic E-state index is -1.12. The first-order chi connectivity index (χ1) is 9.49. The van der Waals surface area contributed by atoms with Gasteiger partial charge in [-0.1, -0.05) is 12.1 Å². The molecule has 2 aromatic rings. The number of nitrogen functional groups attached to an aromatic ring is 1. The lowest BCUT2D eigenvalue weighted by Gasteiger charge is -2.09. The van der Waals surface area contributed by atoms with E-state index in [1.807, 2.05) is 0 Å². The molecule has 20 heavy (non-hydrogen) atoms. The summed E-state index contributed by atoms with van der Waals surface area (Å²) in [5.74, 6) is -2.42. The zero-order chi connectivity index (χ0) is 14.7. The van der Waals surface area contributed by atoms with Crippen LogP contribution in [0.5, 0.6) is 0 Å². The summed E-state index contributed by atoms with van der Waals surface area (Å²) >= 11 is 0. The van der Waals surface area contributed by atoms with Crippen LogP contribution in [0, 0.1) is 5.82 Å². The van der Waals surface area contributed by atoms with E-state index in [1.54, 1.807) is 0 Å². The summed E-state index contributed by atoms with van der Waals surface area (Å²) < 4.78 is 13.4. The van der Waals surface area contributed by atoms with E-state index in [-0.39, 0.29) is 22.5 Å². The van der Waals surface area contributed by atoms with Crippen molar-refractivity contribution in [1.29, 1.82) is 0 Å².